The summed E-state index contributed by atoms with van der Waals surface area (Å²) in [6.45, 7) is 11.7. The summed E-state index contributed by atoms with van der Waals surface area (Å²) in [5.74, 6) is 1.12. The van der Waals surface area contributed by atoms with Gasteiger partial charge in [-0.1, -0.05) is 6.92 Å². The van der Waals surface area contributed by atoms with Gasteiger partial charge in [-0.2, -0.15) is 0 Å². The van der Waals surface area contributed by atoms with E-state index in [2.05, 4.69) is 35.9 Å². The van der Waals surface area contributed by atoms with E-state index in [-0.39, 0.29) is 6.04 Å². The SMILES string of the molecule is CCNC(C)C1CCN(C(C)C(=O)N2CCCCC2)CC1. The number of nitrogens with zero attached hydrogens (tertiary/aromatic N) is 2. The van der Waals surface area contributed by atoms with Crippen molar-refractivity contribution in [3.05, 3.63) is 0 Å². The molecule has 122 valence electrons. The molecule has 0 spiro atoms. The van der Waals surface area contributed by atoms with Crippen molar-refractivity contribution in [2.24, 2.45) is 5.92 Å². The quantitative estimate of drug-likeness (QED) is 0.844. The van der Waals surface area contributed by atoms with Crippen LogP contribution in [-0.2, 0) is 4.79 Å². The fourth-order valence-electron chi connectivity index (χ4n) is 3.83. The first-order valence-electron chi connectivity index (χ1n) is 8.89. The molecule has 2 unspecified atom stereocenters. The van der Waals surface area contributed by atoms with Crippen molar-refractivity contribution in [1.29, 1.82) is 0 Å². The maximum absolute atomic E-state index is 12.6. The van der Waals surface area contributed by atoms with E-state index in [9.17, 15) is 4.79 Å². The van der Waals surface area contributed by atoms with Crippen LogP contribution in [0, 0.1) is 5.92 Å². The van der Waals surface area contributed by atoms with Gasteiger partial charge in [0.2, 0.25) is 5.91 Å². The number of carbonyl (C=O) groups excluding carboxylic acids is 1. The molecule has 2 saturated heterocycles. The predicted molar refractivity (Wildman–Crippen MR) is 87.3 cm³/mol. The molecule has 2 heterocycles. The highest BCUT2D eigenvalue weighted by Crippen LogP contribution is 2.23. The minimum Gasteiger partial charge on any atom is -0.341 e. The summed E-state index contributed by atoms with van der Waals surface area (Å²) in [6.07, 6.45) is 6.07. The molecule has 0 bridgehead atoms. The van der Waals surface area contributed by atoms with Crippen LogP contribution in [0.25, 0.3) is 0 Å². The van der Waals surface area contributed by atoms with Gasteiger partial charge in [0.15, 0.2) is 0 Å². The van der Waals surface area contributed by atoms with Gasteiger partial charge in [-0.15, -0.1) is 0 Å². The van der Waals surface area contributed by atoms with E-state index in [1.54, 1.807) is 0 Å². The highest BCUT2D eigenvalue weighted by atomic mass is 16.2. The van der Waals surface area contributed by atoms with E-state index in [0.717, 1.165) is 38.6 Å². The third-order valence-corrected chi connectivity index (χ3v) is 5.38. The van der Waals surface area contributed by atoms with Crippen LogP contribution in [0.3, 0.4) is 0 Å². The van der Waals surface area contributed by atoms with Gasteiger partial charge in [0.25, 0.3) is 0 Å². The molecule has 1 N–H and O–H groups in total. The summed E-state index contributed by atoms with van der Waals surface area (Å²) in [6, 6.07) is 0.670. The molecule has 2 aliphatic heterocycles. The number of likely N-dealkylation sites (tertiary alicyclic amines) is 2. The molecular weight excluding hydrogens is 262 g/mol. The summed E-state index contributed by atoms with van der Waals surface area (Å²) in [4.78, 5) is 17.1. The Morgan fingerprint density at radius 2 is 1.71 bits per heavy atom. The third-order valence-electron chi connectivity index (χ3n) is 5.38. The van der Waals surface area contributed by atoms with E-state index in [0.29, 0.717) is 11.9 Å². The first kappa shape index (κ1) is 16.8. The molecular formula is C17H33N3O. The van der Waals surface area contributed by atoms with E-state index in [1.807, 2.05) is 0 Å². The van der Waals surface area contributed by atoms with Gasteiger partial charge in [-0.25, -0.2) is 0 Å². The topological polar surface area (TPSA) is 35.6 Å². The third kappa shape index (κ3) is 4.43. The normalized spacial score (nSPS) is 24.8. The van der Waals surface area contributed by atoms with Crippen LogP contribution in [0.5, 0.6) is 0 Å². The highest BCUT2D eigenvalue weighted by Gasteiger charge is 2.31. The number of piperidine rings is 2. The Morgan fingerprint density at radius 3 is 2.29 bits per heavy atom. The van der Waals surface area contributed by atoms with E-state index >= 15 is 0 Å². The Morgan fingerprint density at radius 1 is 1.10 bits per heavy atom. The van der Waals surface area contributed by atoms with Crippen LogP contribution in [0.1, 0.15) is 52.9 Å². The van der Waals surface area contributed by atoms with E-state index < -0.39 is 0 Å². The van der Waals surface area contributed by atoms with Gasteiger partial charge in [0.1, 0.15) is 0 Å². The van der Waals surface area contributed by atoms with Gasteiger partial charge < -0.3 is 10.2 Å². The minimum atomic E-state index is 0.0680. The largest absolute Gasteiger partial charge is 0.341 e. The smallest absolute Gasteiger partial charge is 0.239 e. The molecule has 1 amide bonds. The average Bonchev–Trinajstić information content (AvgIpc) is 2.54. The number of nitrogens with one attached hydrogen (secondary N) is 1. The van der Waals surface area contributed by atoms with Gasteiger partial charge >= 0.3 is 0 Å². The van der Waals surface area contributed by atoms with Crippen molar-refractivity contribution in [2.45, 2.75) is 65.0 Å². The second kappa shape index (κ2) is 8.14. The molecule has 2 fully saturated rings. The first-order chi connectivity index (χ1) is 10.1. The van der Waals surface area contributed by atoms with E-state index in [4.69, 9.17) is 0 Å². The van der Waals surface area contributed by atoms with E-state index in [1.165, 1.54) is 32.1 Å². The van der Waals surface area contributed by atoms with Crippen molar-refractivity contribution in [3.8, 4) is 0 Å². The lowest BCUT2D eigenvalue weighted by atomic mass is 9.89. The predicted octanol–water partition coefficient (Wildman–Crippen LogP) is 2.10. The van der Waals surface area contributed by atoms with Crippen molar-refractivity contribution in [3.63, 3.8) is 0 Å². The molecule has 4 nitrogen and oxygen atoms in total. The molecule has 2 atom stereocenters. The van der Waals surface area contributed by atoms with Gasteiger partial charge in [0, 0.05) is 19.1 Å². The Kier molecular flexibility index (Phi) is 6.49. The van der Waals surface area contributed by atoms with Crippen LogP contribution in [0.15, 0.2) is 0 Å². The van der Waals surface area contributed by atoms with Gasteiger partial charge in [0.05, 0.1) is 6.04 Å². The maximum Gasteiger partial charge on any atom is 0.239 e. The van der Waals surface area contributed by atoms with Crippen LogP contribution in [0.2, 0.25) is 0 Å². The summed E-state index contributed by atoms with van der Waals surface area (Å²) in [5, 5.41) is 3.54. The van der Waals surface area contributed by atoms with Crippen molar-refractivity contribution in [1.82, 2.24) is 15.1 Å². The molecule has 2 rings (SSSR count). The van der Waals surface area contributed by atoms with Gasteiger partial charge in [-0.3, -0.25) is 9.69 Å². The molecule has 4 heteroatoms. The number of carbonyl (C=O) groups is 1. The zero-order valence-corrected chi connectivity index (χ0v) is 14.1. The molecule has 0 aromatic rings. The molecule has 0 aliphatic carbocycles. The second-order valence-corrected chi connectivity index (χ2v) is 6.78. The Hall–Kier alpha value is -0.610. The number of amides is 1. The molecule has 0 radical (unpaired) electrons. The Bertz CT molecular complexity index is 320. The summed E-state index contributed by atoms with van der Waals surface area (Å²) >= 11 is 0. The first-order valence-corrected chi connectivity index (χ1v) is 8.89. The number of rotatable bonds is 5. The fraction of sp³-hybridized carbons (Fsp3) is 0.941. The highest BCUT2D eigenvalue weighted by molar-refractivity contribution is 5.81. The zero-order chi connectivity index (χ0) is 15.2. The van der Waals surface area contributed by atoms with Crippen molar-refractivity contribution < 1.29 is 4.79 Å². The lowest BCUT2D eigenvalue weighted by Gasteiger charge is -2.39. The zero-order valence-electron chi connectivity index (χ0n) is 14.1. The lowest BCUT2D eigenvalue weighted by Crippen LogP contribution is -2.52. The molecule has 2 aliphatic rings. The Labute approximate surface area is 130 Å². The van der Waals surface area contributed by atoms with Crippen LogP contribution >= 0.6 is 0 Å². The van der Waals surface area contributed by atoms with Crippen molar-refractivity contribution in [2.75, 3.05) is 32.7 Å². The molecule has 0 aromatic carbocycles. The number of hydrogen-bond acceptors (Lipinski definition) is 3. The van der Waals surface area contributed by atoms with Gasteiger partial charge in [-0.05, 0) is 71.5 Å². The van der Waals surface area contributed by atoms with Crippen LogP contribution in [-0.4, -0.2) is 60.5 Å². The lowest BCUT2D eigenvalue weighted by molar-refractivity contribution is -0.138. The Balaban J connectivity index is 1.79. The fourth-order valence-corrected chi connectivity index (χ4v) is 3.83. The van der Waals surface area contributed by atoms with Crippen molar-refractivity contribution >= 4 is 5.91 Å². The summed E-state index contributed by atoms with van der Waals surface area (Å²) in [7, 11) is 0. The molecule has 0 saturated carbocycles. The van der Waals surface area contributed by atoms with Crippen LogP contribution in [0.4, 0.5) is 0 Å². The monoisotopic (exact) mass is 295 g/mol. The maximum atomic E-state index is 12.6. The second-order valence-electron chi connectivity index (χ2n) is 6.78. The van der Waals surface area contributed by atoms with Crippen LogP contribution < -0.4 is 5.32 Å². The minimum absolute atomic E-state index is 0.0680. The standard InChI is InChI=1S/C17H33N3O/c1-4-18-14(2)16-8-12-19(13-9-16)15(3)17(21)20-10-6-5-7-11-20/h14-16,18H,4-13H2,1-3H3. The average molecular weight is 295 g/mol. The number of hydrogen-bond donors (Lipinski definition) is 1. The molecule has 0 aromatic heterocycles. The summed E-state index contributed by atoms with van der Waals surface area (Å²) < 4.78 is 0. The summed E-state index contributed by atoms with van der Waals surface area (Å²) in [5.41, 5.74) is 0. The molecule has 21 heavy (non-hydrogen) atoms.